The first-order valence-corrected chi connectivity index (χ1v) is 4.83. The fraction of sp³-hybridized carbons (Fsp3) is 0.250. The monoisotopic (exact) mass is 231 g/mol. The average Bonchev–Trinajstić information content (AvgIpc) is 2.31. The van der Waals surface area contributed by atoms with Gasteiger partial charge in [0.25, 0.3) is 0 Å². The molecule has 1 aromatic carbocycles. The van der Waals surface area contributed by atoms with Gasteiger partial charge in [0.2, 0.25) is 5.91 Å². The summed E-state index contributed by atoms with van der Waals surface area (Å²) in [4.78, 5) is 11.7. The van der Waals surface area contributed by atoms with Gasteiger partial charge in [0.1, 0.15) is 17.3 Å². The second-order valence-corrected chi connectivity index (χ2v) is 3.99. The third-order valence-corrected chi connectivity index (χ3v) is 2.20. The van der Waals surface area contributed by atoms with Crippen molar-refractivity contribution in [2.75, 3.05) is 5.32 Å². The fourth-order valence-corrected chi connectivity index (χ4v) is 1.05. The lowest BCUT2D eigenvalue weighted by Gasteiger charge is -2.15. The fourth-order valence-electron chi connectivity index (χ4n) is 1.05. The van der Waals surface area contributed by atoms with Crippen LogP contribution in [0.3, 0.4) is 0 Å². The molecule has 0 atom stereocenters. The highest BCUT2D eigenvalue weighted by molar-refractivity contribution is 5.97. The molecule has 1 aromatic rings. The van der Waals surface area contributed by atoms with Gasteiger partial charge >= 0.3 is 0 Å². The lowest BCUT2D eigenvalue weighted by molar-refractivity contribution is -0.121. The van der Waals surface area contributed by atoms with Crippen molar-refractivity contribution < 1.29 is 9.18 Å². The van der Waals surface area contributed by atoms with Crippen molar-refractivity contribution in [3.8, 4) is 12.1 Å². The van der Waals surface area contributed by atoms with Crippen LogP contribution in [-0.2, 0) is 4.79 Å². The molecular formula is C12H10FN3O. The summed E-state index contributed by atoms with van der Waals surface area (Å²) < 4.78 is 12.9. The summed E-state index contributed by atoms with van der Waals surface area (Å²) in [5.74, 6) is -1.10. The quantitative estimate of drug-likeness (QED) is 0.847. The van der Waals surface area contributed by atoms with Gasteiger partial charge in [-0.3, -0.25) is 4.79 Å². The van der Waals surface area contributed by atoms with Gasteiger partial charge in [-0.15, -0.1) is 0 Å². The number of hydrogen-bond donors (Lipinski definition) is 1. The van der Waals surface area contributed by atoms with E-state index in [-0.39, 0.29) is 11.3 Å². The third-order valence-electron chi connectivity index (χ3n) is 2.20. The zero-order chi connectivity index (χ0) is 13.1. The van der Waals surface area contributed by atoms with E-state index >= 15 is 0 Å². The van der Waals surface area contributed by atoms with Crippen molar-refractivity contribution >= 4 is 11.6 Å². The van der Waals surface area contributed by atoms with Crippen LogP contribution in [0, 0.1) is 33.9 Å². The number of nitrogens with one attached hydrogen (secondary N) is 1. The van der Waals surface area contributed by atoms with Gasteiger partial charge in [-0.2, -0.15) is 10.5 Å². The molecule has 86 valence electrons. The molecule has 17 heavy (non-hydrogen) atoms. The number of nitriles is 2. The van der Waals surface area contributed by atoms with E-state index in [1.54, 1.807) is 6.07 Å². The summed E-state index contributed by atoms with van der Waals surface area (Å²) in [5, 5.41) is 20.0. The number of rotatable bonds is 2. The van der Waals surface area contributed by atoms with Gasteiger partial charge in [0.15, 0.2) is 0 Å². The first-order chi connectivity index (χ1) is 7.90. The summed E-state index contributed by atoms with van der Waals surface area (Å²) in [5.41, 5.74) is -0.990. The maximum Gasteiger partial charge on any atom is 0.244 e. The van der Waals surface area contributed by atoms with Gasteiger partial charge in [0, 0.05) is 0 Å². The van der Waals surface area contributed by atoms with E-state index in [0.717, 1.165) is 12.1 Å². The van der Waals surface area contributed by atoms with Crippen molar-refractivity contribution in [3.05, 3.63) is 29.6 Å². The molecule has 5 heteroatoms. The van der Waals surface area contributed by atoms with Crippen LogP contribution in [0.25, 0.3) is 0 Å². The third kappa shape index (κ3) is 2.79. The lowest BCUT2D eigenvalue weighted by atomic mass is 9.94. The Morgan fingerprint density at radius 2 is 2.06 bits per heavy atom. The van der Waals surface area contributed by atoms with Crippen LogP contribution in [0.4, 0.5) is 10.1 Å². The van der Waals surface area contributed by atoms with Crippen LogP contribution in [0.5, 0.6) is 0 Å². The molecule has 1 amide bonds. The zero-order valence-corrected chi connectivity index (χ0v) is 9.41. The Morgan fingerprint density at radius 3 is 2.59 bits per heavy atom. The van der Waals surface area contributed by atoms with E-state index in [9.17, 15) is 9.18 Å². The zero-order valence-electron chi connectivity index (χ0n) is 9.41. The summed E-state index contributed by atoms with van der Waals surface area (Å²) in [6.45, 7) is 2.91. The highest BCUT2D eigenvalue weighted by atomic mass is 19.1. The molecule has 0 aromatic heterocycles. The number of hydrogen-bond acceptors (Lipinski definition) is 3. The van der Waals surface area contributed by atoms with Crippen molar-refractivity contribution in [1.29, 1.82) is 10.5 Å². The second kappa shape index (κ2) is 4.63. The van der Waals surface area contributed by atoms with Gasteiger partial charge in [-0.05, 0) is 32.0 Å². The van der Waals surface area contributed by atoms with E-state index < -0.39 is 17.1 Å². The van der Waals surface area contributed by atoms with Crippen LogP contribution < -0.4 is 5.32 Å². The Kier molecular flexibility index (Phi) is 3.45. The van der Waals surface area contributed by atoms with E-state index in [1.807, 2.05) is 6.07 Å². The highest BCUT2D eigenvalue weighted by Crippen LogP contribution is 2.20. The average molecular weight is 231 g/mol. The number of carbonyl (C=O) groups excluding carboxylic acids is 1. The number of amides is 1. The largest absolute Gasteiger partial charge is 0.324 e. The van der Waals surface area contributed by atoms with Crippen LogP contribution >= 0.6 is 0 Å². The van der Waals surface area contributed by atoms with Crippen LogP contribution in [-0.4, -0.2) is 5.91 Å². The van der Waals surface area contributed by atoms with E-state index in [1.165, 1.54) is 19.9 Å². The SMILES string of the molecule is CC(C)(C#N)C(=O)Nc1ccc(F)cc1C#N. The Hall–Kier alpha value is -2.40. The molecule has 4 nitrogen and oxygen atoms in total. The summed E-state index contributed by atoms with van der Waals surface area (Å²) in [7, 11) is 0. The van der Waals surface area contributed by atoms with E-state index in [0.29, 0.717) is 0 Å². The Balaban J connectivity index is 3.03. The predicted octanol–water partition coefficient (Wildman–Crippen LogP) is 2.19. The first-order valence-electron chi connectivity index (χ1n) is 4.83. The lowest BCUT2D eigenvalue weighted by Crippen LogP contribution is -2.29. The van der Waals surface area contributed by atoms with Gasteiger partial charge < -0.3 is 5.32 Å². The van der Waals surface area contributed by atoms with E-state index in [4.69, 9.17) is 10.5 Å². The summed E-state index contributed by atoms with van der Waals surface area (Å²) in [6.07, 6.45) is 0. The first kappa shape index (κ1) is 12.7. The predicted molar refractivity (Wildman–Crippen MR) is 59.1 cm³/mol. The van der Waals surface area contributed by atoms with Crippen molar-refractivity contribution in [1.82, 2.24) is 0 Å². The standard InChI is InChI=1S/C12H10FN3O/c1-12(2,7-15)11(17)16-10-4-3-9(13)5-8(10)6-14/h3-5H,1-2H3,(H,16,17). The smallest absolute Gasteiger partial charge is 0.244 e. The molecule has 0 aliphatic heterocycles. The van der Waals surface area contributed by atoms with Gasteiger partial charge in [-0.25, -0.2) is 4.39 Å². The molecule has 1 N–H and O–H groups in total. The topological polar surface area (TPSA) is 76.7 Å². The molecule has 0 spiro atoms. The highest BCUT2D eigenvalue weighted by Gasteiger charge is 2.27. The molecule has 0 saturated heterocycles. The molecule has 0 heterocycles. The van der Waals surface area contributed by atoms with Gasteiger partial charge in [0.05, 0.1) is 17.3 Å². The minimum atomic E-state index is -1.21. The molecule has 0 fully saturated rings. The summed E-state index contributed by atoms with van der Waals surface area (Å²) >= 11 is 0. The molecule has 0 radical (unpaired) electrons. The molecule has 0 aliphatic rings. The minimum Gasteiger partial charge on any atom is -0.324 e. The normalized spacial score (nSPS) is 10.2. The molecule has 0 unspecified atom stereocenters. The molecule has 0 bridgehead atoms. The second-order valence-electron chi connectivity index (χ2n) is 3.99. The molecule has 1 rings (SSSR count). The van der Waals surface area contributed by atoms with Crippen LogP contribution in [0.1, 0.15) is 19.4 Å². The number of halogens is 1. The van der Waals surface area contributed by atoms with Crippen molar-refractivity contribution in [2.24, 2.45) is 5.41 Å². The Labute approximate surface area is 98.3 Å². The number of carbonyl (C=O) groups is 1. The number of nitrogens with zero attached hydrogens (tertiary/aromatic N) is 2. The van der Waals surface area contributed by atoms with Crippen molar-refractivity contribution in [2.45, 2.75) is 13.8 Å². The van der Waals surface area contributed by atoms with Crippen LogP contribution in [0.15, 0.2) is 18.2 Å². The maximum absolute atomic E-state index is 12.9. The maximum atomic E-state index is 12.9. The Bertz CT molecular complexity index is 538. The number of anilines is 1. The Morgan fingerprint density at radius 1 is 1.41 bits per heavy atom. The van der Waals surface area contributed by atoms with E-state index in [2.05, 4.69) is 5.32 Å². The summed E-state index contributed by atoms with van der Waals surface area (Å²) in [6, 6.07) is 7.06. The molecule has 0 saturated carbocycles. The number of benzene rings is 1. The molecular weight excluding hydrogens is 221 g/mol. The van der Waals surface area contributed by atoms with Crippen molar-refractivity contribution in [3.63, 3.8) is 0 Å². The van der Waals surface area contributed by atoms with Gasteiger partial charge in [-0.1, -0.05) is 0 Å². The van der Waals surface area contributed by atoms with Crippen LogP contribution in [0.2, 0.25) is 0 Å². The molecule has 0 aliphatic carbocycles. The minimum absolute atomic E-state index is 0.0205.